The first-order valence-electron chi connectivity index (χ1n) is 5.07. The fraction of sp³-hybridized carbons (Fsp3) is 0.167. The van der Waals surface area contributed by atoms with Gasteiger partial charge in [0.2, 0.25) is 11.3 Å². The highest BCUT2D eigenvalue weighted by Gasteiger charge is 2.05. The van der Waals surface area contributed by atoms with Crippen molar-refractivity contribution >= 4 is 11.6 Å². The van der Waals surface area contributed by atoms with Crippen molar-refractivity contribution in [3.63, 3.8) is 0 Å². The minimum atomic E-state index is -0.340. The molecule has 0 aliphatic heterocycles. The van der Waals surface area contributed by atoms with Crippen molar-refractivity contribution < 1.29 is 4.74 Å². The van der Waals surface area contributed by atoms with Gasteiger partial charge < -0.3 is 4.74 Å². The van der Waals surface area contributed by atoms with E-state index in [0.29, 0.717) is 12.5 Å². The van der Waals surface area contributed by atoms with E-state index >= 15 is 0 Å². The number of hydrogen-bond acceptors (Lipinski definition) is 3. The number of aryl methyl sites for hydroxylation is 1. The molecule has 0 fully saturated rings. The highest BCUT2D eigenvalue weighted by molar-refractivity contribution is 6.29. The minimum Gasteiger partial charge on any atom is -0.473 e. The maximum atomic E-state index is 11.3. The second-order valence-corrected chi connectivity index (χ2v) is 3.89. The number of halogens is 1. The molecule has 5 heteroatoms. The summed E-state index contributed by atoms with van der Waals surface area (Å²) in [5, 5.41) is 3.77. The first kappa shape index (κ1) is 11.7. The van der Waals surface area contributed by atoms with E-state index in [9.17, 15) is 4.79 Å². The second kappa shape index (κ2) is 5.01. The van der Waals surface area contributed by atoms with Crippen LogP contribution in [-0.4, -0.2) is 9.78 Å². The maximum Gasteiger partial charge on any atom is 0.222 e. The number of hydrogen-bond donors (Lipinski definition) is 0. The van der Waals surface area contributed by atoms with Gasteiger partial charge in [-0.25, -0.2) is 4.68 Å². The van der Waals surface area contributed by atoms with Crippen LogP contribution in [0.4, 0.5) is 0 Å². The van der Waals surface area contributed by atoms with E-state index in [-0.39, 0.29) is 10.6 Å². The van der Waals surface area contributed by atoms with Crippen molar-refractivity contribution in [1.29, 1.82) is 0 Å². The van der Waals surface area contributed by atoms with Crippen molar-refractivity contribution in [2.75, 3.05) is 0 Å². The molecule has 0 aliphatic rings. The van der Waals surface area contributed by atoms with Gasteiger partial charge in [-0.15, -0.1) is 0 Å². The molecule has 2 aromatic rings. The minimum absolute atomic E-state index is 0.0560. The summed E-state index contributed by atoms with van der Waals surface area (Å²) in [7, 11) is 1.67. The molecule has 88 valence electrons. The maximum absolute atomic E-state index is 11.3. The molecule has 0 N–H and O–H groups in total. The molecule has 2 rings (SSSR count). The Labute approximate surface area is 103 Å². The van der Waals surface area contributed by atoms with Crippen LogP contribution >= 0.6 is 11.6 Å². The highest BCUT2D eigenvalue weighted by atomic mass is 35.5. The molecule has 1 heterocycles. The zero-order chi connectivity index (χ0) is 12.3. The normalized spacial score (nSPS) is 10.2. The predicted molar refractivity (Wildman–Crippen MR) is 65.3 cm³/mol. The van der Waals surface area contributed by atoms with Gasteiger partial charge in [0, 0.05) is 7.05 Å². The van der Waals surface area contributed by atoms with Gasteiger partial charge in [-0.2, -0.15) is 5.10 Å². The Kier molecular flexibility index (Phi) is 3.44. The molecule has 0 radical (unpaired) electrons. The largest absolute Gasteiger partial charge is 0.473 e. The van der Waals surface area contributed by atoms with Gasteiger partial charge in [-0.05, 0) is 5.56 Å². The molecular formula is C12H11ClN2O2. The van der Waals surface area contributed by atoms with Crippen LogP contribution in [0.25, 0.3) is 0 Å². The molecule has 0 spiro atoms. The smallest absolute Gasteiger partial charge is 0.222 e. The Morgan fingerprint density at radius 3 is 2.76 bits per heavy atom. The van der Waals surface area contributed by atoms with E-state index < -0.39 is 0 Å². The van der Waals surface area contributed by atoms with Gasteiger partial charge >= 0.3 is 0 Å². The molecule has 0 amide bonds. The molecule has 0 unspecified atom stereocenters. The van der Waals surface area contributed by atoms with Crippen LogP contribution in [0.2, 0.25) is 5.15 Å². The van der Waals surface area contributed by atoms with Crippen molar-refractivity contribution in [1.82, 2.24) is 9.78 Å². The van der Waals surface area contributed by atoms with Crippen LogP contribution in [0, 0.1) is 0 Å². The van der Waals surface area contributed by atoms with E-state index in [1.807, 2.05) is 30.3 Å². The molecule has 0 aliphatic carbocycles. The summed E-state index contributed by atoms with van der Waals surface area (Å²) in [6.45, 7) is 0.386. The van der Waals surface area contributed by atoms with Crippen molar-refractivity contribution in [3.8, 4) is 5.88 Å². The van der Waals surface area contributed by atoms with E-state index in [1.165, 1.54) is 10.7 Å². The van der Waals surface area contributed by atoms with Crippen LogP contribution in [0.1, 0.15) is 5.56 Å². The zero-order valence-electron chi connectivity index (χ0n) is 9.26. The Bertz CT molecular complexity index is 566. The molecule has 1 aromatic heterocycles. The molecular weight excluding hydrogens is 240 g/mol. The number of nitrogens with zero attached hydrogens (tertiary/aromatic N) is 2. The number of rotatable bonds is 3. The predicted octanol–water partition coefficient (Wildman–Crippen LogP) is 2.01. The Balaban J connectivity index is 2.15. The van der Waals surface area contributed by atoms with Crippen LogP contribution in [0.3, 0.4) is 0 Å². The fourth-order valence-corrected chi connectivity index (χ4v) is 1.53. The lowest BCUT2D eigenvalue weighted by molar-refractivity contribution is 0.273. The van der Waals surface area contributed by atoms with Gasteiger partial charge in [0.05, 0.1) is 6.07 Å². The third-order valence-corrected chi connectivity index (χ3v) is 2.51. The van der Waals surface area contributed by atoms with Gasteiger partial charge in [0.1, 0.15) is 6.61 Å². The van der Waals surface area contributed by atoms with Gasteiger partial charge in [0.15, 0.2) is 5.15 Å². The quantitative estimate of drug-likeness (QED) is 0.837. The van der Waals surface area contributed by atoms with Gasteiger partial charge in [-0.3, -0.25) is 4.79 Å². The Morgan fingerprint density at radius 1 is 1.35 bits per heavy atom. The zero-order valence-corrected chi connectivity index (χ0v) is 10.0. The lowest BCUT2D eigenvalue weighted by Crippen LogP contribution is -2.13. The summed E-state index contributed by atoms with van der Waals surface area (Å²) in [4.78, 5) is 11.3. The van der Waals surface area contributed by atoms with E-state index in [4.69, 9.17) is 16.3 Å². The standard InChI is InChI=1S/C12H11ClN2O2/c1-15-11(7-10(16)12(13)14-15)17-8-9-5-3-2-4-6-9/h2-7H,8H2,1H3. The first-order chi connectivity index (χ1) is 8.16. The summed E-state index contributed by atoms with van der Waals surface area (Å²) in [6, 6.07) is 11.0. The fourth-order valence-electron chi connectivity index (χ4n) is 1.36. The van der Waals surface area contributed by atoms with Crippen LogP contribution in [-0.2, 0) is 13.7 Å². The van der Waals surface area contributed by atoms with Crippen molar-refractivity contribution in [3.05, 3.63) is 57.3 Å². The molecule has 17 heavy (non-hydrogen) atoms. The topological polar surface area (TPSA) is 44.1 Å². The summed E-state index contributed by atoms with van der Waals surface area (Å²) in [6.07, 6.45) is 0. The summed E-state index contributed by atoms with van der Waals surface area (Å²) in [5.41, 5.74) is 0.683. The molecule has 0 saturated heterocycles. The molecule has 0 bridgehead atoms. The first-order valence-corrected chi connectivity index (χ1v) is 5.45. The Hall–Kier alpha value is -1.81. The average Bonchev–Trinajstić information content (AvgIpc) is 2.33. The van der Waals surface area contributed by atoms with Crippen LogP contribution in [0.5, 0.6) is 5.88 Å². The molecule has 1 aromatic carbocycles. The lowest BCUT2D eigenvalue weighted by Gasteiger charge is -2.09. The van der Waals surface area contributed by atoms with Gasteiger partial charge in [-0.1, -0.05) is 41.9 Å². The average molecular weight is 251 g/mol. The van der Waals surface area contributed by atoms with E-state index in [2.05, 4.69) is 5.10 Å². The lowest BCUT2D eigenvalue weighted by atomic mass is 10.2. The third kappa shape index (κ3) is 2.85. The summed E-state index contributed by atoms with van der Waals surface area (Å²) >= 11 is 5.60. The summed E-state index contributed by atoms with van der Waals surface area (Å²) in [5.74, 6) is 0.392. The Morgan fingerprint density at radius 2 is 2.06 bits per heavy atom. The number of benzene rings is 1. The van der Waals surface area contributed by atoms with Crippen LogP contribution < -0.4 is 10.2 Å². The monoisotopic (exact) mass is 250 g/mol. The highest BCUT2D eigenvalue weighted by Crippen LogP contribution is 2.10. The SMILES string of the molecule is Cn1nc(Cl)c(=O)cc1OCc1ccccc1. The van der Waals surface area contributed by atoms with Crippen LogP contribution in [0.15, 0.2) is 41.2 Å². The third-order valence-electron chi connectivity index (χ3n) is 2.24. The van der Waals surface area contributed by atoms with Crippen molar-refractivity contribution in [2.24, 2.45) is 7.05 Å². The number of ether oxygens (including phenoxy) is 1. The van der Waals surface area contributed by atoms with E-state index in [1.54, 1.807) is 7.05 Å². The molecule has 0 atom stereocenters. The second-order valence-electron chi connectivity index (χ2n) is 3.54. The molecule has 0 saturated carbocycles. The summed E-state index contributed by atoms with van der Waals surface area (Å²) < 4.78 is 6.94. The van der Waals surface area contributed by atoms with Gasteiger partial charge in [0.25, 0.3) is 0 Å². The molecule has 4 nitrogen and oxygen atoms in total. The van der Waals surface area contributed by atoms with Crippen molar-refractivity contribution in [2.45, 2.75) is 6.61 Å². The number of aromatic nitrogens is 2. The van der Waals surface area contributed by atoms with E-state index in [0.717, 1.165) is 5.56 Å².